The molecule has 0 radical (unpaired) electrons. The van der Waals surface area contributed by atoms with E-state index in [2.05, 4.69) is 15.5 Å². The number of carboxylic acid groups (broad SMARTS) is 1. The lowest BCUT2D eigenvalue weighted by atomic mass is 10.4. The van der Waals surface area contributed by atoms with Gasteiger partial charge in [-0.25, -0.2) is 4.79 Å². The molecule has 2 N–H and O–H groups in total. The van der Waals surface area contributed by atoms with E-state index in [4.69, 9.17) is 9.84 Å². The van der Waals surface area contributed by atoms with Gasteiger partial charge in [0.2, 0.25) is 0 Å². The van der Waals surface area contributed by atoms with Gasteiger partial charge in [0.05, 0.1) is 12.7 Å². The summed E-state index contributed by atoms with van der Waals surface area (Å²) in [6, 6.07) is 2.98. The molecule has 0 atom stereocenters. The molecule has 0 bridgehead atoms. The second-order valence-corrected chi connectivity index (χ2v) is 3.46. The molecule has 1 rings (SSSR count). The maximum atomic E-state index is 10.5. The van der Waals surface area contributed by atoms with Crippen LogP contribution in [0.4, 0.5) is 5.82 Å². The number of nitrogens with zero attached hydrogens (tertiary/aromatic N) is 2. The van der Waals surface area contributed by atoms with E-state index < -0.39 is 5.97 Å². The van der Waals surface area contributed by atoms with Gasteiger partial charge in [0.25, 0.3) is 0 Å². The van der Waals surface area contributed by atoms with Crippen molar-refractivity contribution < 1.29 is 14.6 Å². The van der Waals surface area contributed by atoms with E-state index in [1.807, 2.05) is 13.8 Å². The Hall–Kier alpha value is -1.69. The van der Waals surface area contributed by atoms with Gasteiger partial charge in [-0.05, 0) is 26.0 Å². The van der Waals surface area contributed by atoms with Crippen LogP contribution in [0.25, 0.3) is 0 Å². The fourth-order valence-electron chi connectivity index (χ4n) is 1.01. The van der Waals surface area contributed by atoms with Crippen molar-refractivity contribution in [2.75, 3.05) is 18.5 Å². The Kier molecular flexibility index (Phi) is 4.65. The monoisotopic (exact) mass is 225 g/mol. The van der Waals surface area contributed by atoms with E-state index in [9.17, 15) is 4.79 Å². The van der Waals surface area contributed by atoms with Crippen LogP contribution in [-0.2, 0) is 4.74 Å². The third kappa shape index (κ3) is 4.22. The van der Waals surface area contributed by atoms with Gasteiger partial charge in [-0.1, -0.05) is 0 Å². The smallest absolute Gasteiger partial charge is 0.356 e. The fourth-order valence-corrected chi connectivity index (χ4v) is 1.01. The molecule has 6 heteroatoms. The summed E-state index contributed by atoms with van der Waals surface area (Å²) >= 11 is 0. The first-order valence-electron chi connectivity index (χ1n) is 5.02. The molecule has 1 aromatic rings. The van der Waals surface area contributed by atoms with Crippen molar-refractivity contribution in [3.8, 4) is 0 Å². The maximum Gasteiger partial charge on any atom is 0.356 e. The predicted molar refractivity (Wildman–Crippen MR) is 58.6 cm³/mol. The van der Waals surface area contributed by atoms with Gasteiger partial charge in [0.15, 0.2) is 5.69 Å². The van der Waals surface area contributed by atoms with Crippen LogP contribution < -0.4 is 5.32 Å². The van der Waals surface area contributed by atoms with Crippen LogP contribution in [0.2, 0.25) is 0 Å². The van der Waals surface area contributed by atoms with E-state index in [-0.39, 0.29) is 11.8 Å². The molecule has 6 nitrogen and oxygen atoms in total. The molecule has 88 valence electrons. The molecule has 0 aliphatic heterocycles. The molecule has 0 spiro atoms. The zero-order valence-corrected chi connectivity index (χ0v) is 9.30. The van der Waals surface area contributed by atoms with Crippen molar-refractivity contribution in [3.05, 3.63) is 17.8 Å². The van der Waals surface area contributed by atoms with Crippen molar-refractivity contribution in [3.63, 3.8) is 0 Å². The highest BCUT2D eigenvalue weighted by atomic mass is 16.5. The van der Waals surface area contributed by atoms with Crippen LogP contribution in [0.15, 0.2) is 12.1 Å². The normalized spacial score (nSPS) is 10.4. The third-order valence-electron chi connectivity index (χ3n) is 1.74. The Balaban J connectivity index is 2.35. The highest BCUT2D eigenvalue weighted by Crippen LogP contribution is 2.01. The van der Waals surface area contributed by atoms with Gasteiger partial charge in [-0.3, -0.25) is 0 Å². The van der Waals surface area contributed by atoms with Crippen LogP contribution in [0.5, 0.6) is 0 Å². The largest absolute Gasteiger partial charge is 0.476 e. The summed E-state index contributed by atoms with van der Waals surface area (Å²) in [7, 11) is 0. The lowest BCUT2D eigenvalue weighted by Gasteiger charge is -2.08. The van der Waals surface area contributed by atoms with Gasteiger partial charge in [0.1, 0.15) is 5.82 Å². The molecule has 16 heavy (non-hydrogen) atoms. The number of hydrogen-bond donors (Lipinski definition) is 2. The lowest BCUT2D eigenvalue weighted by molar-refractivity contribution is 0.0689. The van der Waals surface area contributed by atoms with Crippen molar-refractivity contribution in [1.29, 1.82) is 0 Å². The molecule has 0 fully saturated rings. The number of aromatic nitrogens is 2. The zero-order chi connectivity index (χ0) is 12.0. The molecule has 0 saturated carbocycles. The average molecular weight is 225 g/mol. The molecule has 0 saturated heterocycles. The number of aromatic carboxylic acids is 1. The summed E-state index contributed by atoms with van der Waals surface area (Å²) in [6.07, 6.45) is 0.197. The van der Waals surface area contributed by atoms with Crippen LogP contribution in [0.1, 0.15) is 24.3 Å². The topological polar surface area (TPSA) is 84.3 Å². The van der Waals surface area contributed by atoms with Gasteiger partial charge in [0, 0.05) is 6.54 Å². The molecule has 0 amide bonds. The van der Waals surface area contributed by atoms with E-state index in [1.165, 1.54) is 6.07 Å². The van der Waals surface area contributed by atoms with Gasteiger partial charge in [-0.2, -0.15) is 0 Å². The number of ether oxygens (including phenoxy) is 1. The number of carbonyl (C=O) groups is 1. The van der Waals surface area contributed by atoms with Crippen LogP contribution in [0, 0.1) is 0 Å². The number of rotatable bonds is 6. The minimum atomic E-state index is -1.08. The second-order valence-electron chi connectivity index (χ2n) is 3.46. The Labute approximate surface area is 93.6 Å². The number of anilines is 1. The zero-order valence-electron chi connectivity index (χ0n) is 9.30. The molecule has 0 aromatic carbocycles. The summed E-state index contributed by atoms with van der Waals surface area (Å²) < 4.78 is 5.32. The standard InChI is InChI=1S/C10H15N3O3/c1-7(2)16-6-5-11-9-4-3-8(10(14)15)12-13-9/h3-4,7H,5-6H2,1-2H3,(H,11,13)(H,14,15). The SMILES string of the molecule is CC(C)OCCNc1ccc(C(=O)O)nn1. The highest BCUT2D eigenvalue weighted by Gasteiger charge is 2.04. The Bertz CT molecular complexity index is 338. The van der Waals surface area contributed by atoms with Crippen LogP contribution in [-0.4, -0.2) is 40.5 Å². The lowest BCUT2D eigenvalue weighted by Crippen LogP contribution is -2.14. The number of nitrogens with one attached hydrogen (secondary N) is 1. The summed E-state index contributed by atoms with van der Waals surface area (Å²) in [6.45, 7) is 5.10. The van der Waals surface area contributed by atoms with E-state index >= 15 is 0 Å². The Morgan fingerprint density at radius 2 is 2.25 bits per heavy atom. The van der Waals surface area contributed by atoms with E-state index in [0.29, 0.717) is 19.0 Å². The number of carboxylic acids is 1. The van der Waals surface area contributed by atoms with E-state index in [0.717, 1.165) is 0 Å². The van der Waals surface area contributed by atoms with Crippen LogP contribution >= 0.6 is 0 Å². The van der Waals surface area contributed by atoms with Crippen molar-refractivity contribution in [1.82, 2.24) is 10.2 Å². The second kappa shape index (κ2) is 6.02. The minimum Gasteiger partial charge on any atom is -0.476 e. The first-order chi connectivity index (χ1) is 7.59. The molecule has 0 aliphatic carbocycles. The highest BCUT2D eigenvalue weighted by molar-refractivity contribution is 5.85. The predicted octanol–water partition coefficient (Wildman–Crippen LogP) is 1.01. The van der Waals surface area contributed by atoms with Gasteiger partial charge < -0.3 is 15.2 Å². The maximum absolute atomic E-state index is 10.5. The molecule has 1 aromatic heterocycles. The summed E-state index contributed by atoms with van der Waals surface area (Å²) in [5, 5.41) is 18.8. The fraction of sp³-hybridized carbons (Fsp3) is 0.500. The molecule has 0 aliphatic rings. The summed E-state index contributed by atoms with van der Waals surface area (Å²) in [5.41, 5.74) is -0.0658. The quantitative estimate of drug-likeness (QED) is 0.703. The molecule has 1 heterocycles. The van der Waals surface area contributed by atoms with Gasteiger partial charge in [-0.15, -0.1) is 10.2 Å². The first kappa shape index (κ1) is 12.4. The Morgan fingerprint density at radius 1 is 1.50 bits per heavy atom. The van der Waals surface area contributed by atoms with Crippen molar-refractivity contribution >= 4 is 11.8 Å². The molecule has 0 unspecified atom stereocenters. The number of hydrogen-bond acceptors (Lipinski definition) is 5. The average Bonchev–Trinajstić information content (AvgIpc) is 2.25. The van der Waals surface area contributed by atoms with Crippen LogP contribution in [0.3, 0.4) is 0 Å². The minimum absolute atomic E-state index is 0.0658. The van der Waals surface area contributed by atoms with Crippen molar-refractivity contribution in [2.45, 2.75) is 20.0 Å². The third-order valence-corrected chi connectivity index (χ3v) is 1.74. The molecular weight excluding hydrogens is 210 g/mol. The first-order valence-corrected chi connectivity index (χ1v) is 5.02. The van der Waals surface area contributed by atoms with Gasteiger partial charge >= 0.3 is 5.97 Å². The summed E-state index contributed by atoms with van der Waals surface area (Å²) in [5.74, 6) is -0.542. The van der Waals surface area contributed by atoms with Crippen molar-refractivity contribution in [2.24, 2.45) is 0 Å². The Morgan fingerprint density at radius 3 is 2.75 bits per heavy atom. The summed E-state index contributed by atoms with van der Waals surface area (Å²) in [4.78, 5) is 10.5. The molecular formula is C10H15N3O3. The van der Waals surface area contributed by atoms with E-state index in [1.54, 1.807) is 6.07 Å².